The van der Waals surface area contributed by atoms with E-state index in [2.05, 4.69) is 5.32 Å². The van der Waals surface area contributed by atoms with Gasteiger partial charge in [0.05, 0.1) is 11.8 Å². The molecule has 28 heavy (non-hydrogen) atoms. The first kappa shape index (κ1) is 18.1. The second-order valence-electron chi connectivity index (χ2n) is 6.93. The molecule has 1 aliphatic heterocycles. The summed E-state index contributed by atoms with van der Waals surface area (Å²) >= 11 is 0. The molecule has 4 rings (SSSR count). The Hall–Kier alpha value is -3.29. The number of para-hydroxylation sites is 2. The topological polar surface area (TPSA) is 97.7 Å². The molecule has 0 saturated carbocycles. The predicted molar refractivity (Wildman–Crippen MR) is 101 cm³/mol. The smallest absolute Gasteiger partial charge is 0.420 e. The predicted octanol–water partition coefficient (Wildman–Crippen LogP) is 2.17. The number of nitrogens with zero attached hydrogens (tertiary/aromatic N) is 2. The number of benzene rings is 1. The van der Waals surface area contributed by atoms with Crippen molar-refractivity contribution in [3.8, 4) is 0 Å². The molecule has 1 aliphatic rings. The first-order valence-electron chi connectivity index (χ1n) is 9.28. The van der Waals surface area contributed by atoms with E-state index in [1.54, 1.807) is 48.2 Å². The van der Waals surface area contributed by atoms with Crippen LogP contribution in [0, 0.1) is 0 Å². The van der Waals surface area contributed by atoms with Crippen LogP contribution in [0.15, 0.2) is 56.3 Å². The lowest BCUT2D eigenvalue weighted by atomic mass is 10.0. The number of hydrogen-bond acceptors (Lipinski definition) is 5. The summed E-state index contributed by atoms with van der Waals surface area (Å²) in [4.78, 5) is 38.9. The standard InChI is InChI=1S/C20H21N3O5/c1-13(23-15-5-2-3-6-16(15)28-20(23)26)18(24)21-14-8-10-22(11-9-14)19(25)17-7-4-12-27-17/h2-7,12-14H,8-11H2,1H3,(H,21,24). The first-order chi connectivity index (χ1) is 13.5. The van der Waals surface area contributed by atoms with E-state index in [1.807, 2.05) is 0 Å². The maximum Gasteiger partial charge on any atom is 0.420 e. The van der Waals surface area contributed by atoms with Gasteiger partial charge in [-0.25, -0.2) is 4.79 Å². The summed E-state index contributed by atoms with van der Waals surface area (Å²) < 4.78 is 11.7. The second kappa shape index (κ2) is 7.38. The largest absolute Gasteiger partial charge is 0.459 e. The number of hydrogen-bond donors (Lipinski definition) is 1. The van der Waals surface area contributed by atoms with Gasteiger partial charge in [-0.05, 0) is 44.0 Å². The fourth-order valence-electron chi connectivity index (χ4n) is 3.57. The maximum atomic E-state index is 12.7. The van der Waals surface area contributed by atoms with E-state index in [1.165, 1.54) is 10.8 Å². The molecule has 2 amide bonds. The lowest BCUT2D eigenvalue weighted by molar-refractivity contribution is -0.124. The van der Waals surface area contributed by atoms with Gasteiger partial charge in [0.1, 0.15) is 6.04 Å². The number of amides is 2. The molecule has 146 valence electrons. The third-order valence-electron chi connectivity index (χ3n) is 5.15. The summed E-state index contributed by atoms with van der Waals surface area (Å²) in [6.45, 7) is 2.75. The van der Waals surface area contributed by atoms with Crippen LogP contribution in [0.2, 0.25) is 0 Å². The lowest BCUT2D eigenvalue weighted by Gasteiger charge is -2.32. The van der Waals surface area contributed by atoms with E-state index in [0.29, 0.717) is 42.8 Å². The number of piperidine rings is 1. The molecular weight excluding hydrogens is 362 g/mol. The zero-order valence-corrected chi connectivity index (χ0v) is 15.5. The minimum atomic E-state index is -0.695. The number of rotatable bonds is 4. The molecule has 0 radical (unpaired) electrons. The number of fused-ring (bicyclic) bond motifs is 1. The summed E-state index contributed by atoms with van der Waals surface area (Å²) in [6.07, 6.45) is 2.76. The average Bonchev–Trinajstić information content (AvgIpc) is 3.34. The summed E-state index contributed by atoms with van der Waals surface area (Å²) in [5.74, 6) is -0.617. The molecule has 2 aromatic heterocycles. The summed E-state index contributed by atoms with van der Waals surface area (Å²) in [5, 5.41) is 2.99. The van der Waals surface area contributed by atoms with Crippen LogP contribution in [-0.4, -0.2) is 40.4 Å². The molecule has 0 spiro atoms. The highest BCUT2D eigenvalue weighted by atomic mass is 16.4. The summed E-state index contributed by atoms with van der Waals surface area (Å²) in [5.41, 5.74) is 1.05. The van der Waals surface area contributed by atoms with E-state index in [0.717, 1.165) is 0 Å². The zero-order chi connectivity index (χ0) is 19.7. The van der Waals surface area contributed by atoms with Gasteiger partial charge in [-0.2, -0.15) is 0 Å². The second-order valence-corrected chi connectivity index (χ2v) is 6.93. The fourth-order valence-corrected chi connectivity index (χ4v) is 3.57. The van der Waals surface area contributed by atoms with Gasteiger partial charge in [-0.1, -0.05) is 12.1 Å². The number of aromatic nitrogens is 1. The van der Waals surface area contributed by atoms with E-state index < -0.39 is 11.8 Å². The van der Waals surface area contributed by atoms with E-state index in [-0.39, 0.29) is 17.9 Å². The molecule has 3 heterocycles. The van der Waals surface area contributed by atoms with E-state index in [9.17, 15) is 14.4 Å². The van der Waals surface area contributed by atoms with Crippen LogP contribution in [0.3, 0.4) is 0 Å². The van der Waals surface area contributed by atoms with Crippen molar-refractivity contribution >= 4 is 22.9 Å². The van der Waals surface area contributed by atoms with Crippen molar-refractivity contribution in [2.75, 3.05) is 13.1 Å². The Balaban J connectivity index is 1.38. The van der Waals surface area contributed by atoms with Gasteiger partial charge in [-0.3, -0.25) is 14.2 Å². The van der Waals surface area contributed by atoms with Gasteiger partial charge in [0.15, 0.2) is 11.3 Å². The van der Waals surface area contributed by atoms with Crippen LogP contribution in [0.5, 0.6) is 0 Å². The first-order valence-corrected chi connectivity index (χ1v) is 9.28. The van der Waals surface area contributed by atoms with Crippen LogP contribution < -0.4 is 11.1 Å². The van der Waals surface area contributed by atoms with Crippen LogP contribution >= 0.6 is 0 Å². The van der Waals surface area contributed by atoms with Crippen LogP contribution in [-0.2, 0) is 4.79 Å². The summed E-state index contributed by atoms with van der Waals surface area (Å²) in [6, 6.07) is 9.60. The van der Waals surface area contributed by atoms with Crippen molar-refractivity contribution in [3.63, 3.8) is 0 Å². The minimum absolute atomic E-state index is 0.0514. The quantitative estimate of drug-likeness (QED) is 0.745. The molecule has 1 atom stereocenters. The fraction of sp³-hybridized carbons (Fsp3) is 0.350. The molecule has 0 bridgehead atoms. The van der Waals surface area contributed by atoms with Crippen LogP contribution in [0.25, 0.3) is 11.1 Å². The van der Waals surface area contributed by atoms with Gasteiger partial charge >= 0.3 is 5.76 Å². The highest BCUT2D eigenvalue weighted by molar-refractivity contribution is 5.91. The number of likely N-dealkylation sites (tertiary alicyclic amines) is 1. The van der Waals surface area contributed by atoms with Crippen LogP contribution in [0.4, 0.5) is 0 Å². The van der Waals surface area contributed by atoms with Crippen molar-refractivity contribution in [1.82, 2.24) is 14.8 Å². The Labute approximate surface area is 160 Å². The molecule has 1 fully saturated rings. The lowest BCUT2D eigenvalue weighted by Crippen LogP contribution is -2.48. The molecule has 1 unspecified atom stereocenters. The molecule has 1 aromatic carbocycles. The Morgan fingerprint density at radius 1 is 1.14 bits per heavy atom. The maximum absolute atomic E-state index is 12.7. The Kier molecular flexibility index (Phi) is 4.77. The van der Waals surface area contributed by atoms with E-state index >= 15 is 0 Å². The van der Waals surface area contributed by atoms with Gasteiger partial charge in [0.2, 0.25) is 5.91 Å². The average molecular weight is 383 g/mol. The monoisotopic (exact) mass is 383 g/mol. The zero-order valence-electron chi connectivity index (χ0n) is 15.5. The van der Waals surface area contributed by atoms with Crippen molar-refractivity contribution < 1.29 is 18.4 Å². The van der Waals surface area contributed by atoms with Gasteiger partial charge in [-0.15, -0.1) is 0 Å². The number of carbonyl (C=O) groups is 2. The van der Waals surface area contributed by atoms with Crippen molar-refractivity contribution in [2.45, 2.75) is 31.8 Å². The molecule has 3 aromatic rings. The molecule has 1 N–H and O–H groups in total. The van der Waals surface area contributed by atoms with Crippen molar-refractivity contribution in [1.29, 1.82) is 0 Å². The third kappa shape index (κ3) is 3.33. The Morgan fingerprint density at radius 3 is 2.61 bits per heavy atom. The highest BCUT2D eigenvalue weighted by Crippen LogP contribution is 2.18. The van der Waals surface area contributed by atoms with Gasteiger partial charge < -0.3 is 19.1 Å². The summed E-state index contributed by atoms with van der Waals surface area (Å²) in [7, 11) is 0. The van der Waals surface area contributed by atoms with E-state index in [4.69, 9.17) is 8.83 Å². The number of furan rings is 1. The molecule has 0 aliphatic carbocycles. The Bertz CT molecular complexity index is 1040. The molecule has 8 nitrogen and oxygen atoms in total. The van der Waals surface area contributed by atoms with Crippen molar-refractivity contribution in [2.24, 2.45) is 0 Å². The molecule has 1 saturated heterocycles. The Morgan fingerprint density at radius 2 is 1.89 bits per heavy atom. The molecule has 8 heteroatoms. The van der Waals surface area contributed by atoms with Gasteiger partial charge in [0, 0.05) is 19.1 Å². The van der Waals surface area contributed by atoms with Crippen molar-refractivity contribution in [3.05, 3.63) is 59.0 Å². The van der Waals surface area contributed by atoms with Gasteiger partial charge in [0.25, 0.3) is 5.91 Å². The number of oxazole rings is 1. The third-order valence-corrected chi connectivity index (χ3v) is 5.15. The highest BCUT2D eigenvalue weighted by Gasteiger charge is 2.28. The minimum Gasteiger partial charge on any atom is -0.459 e. The normalized spacial score (nSPS) is 16.2. The number of nitrogens with one attached hydrogen (secondary N) is 1. The molecular formula is C20H21N3O5. The SMILES string of the molecule is CC(C(=O)NC1CCN(C(=O)c2ccco2)CC1)n1c(=O)oc2ccccc21. The van der Waals surface area contributed by atoms with Crippen LogP contribution in [0.1, 0.15) is 36.4 Å². The number of carbonyl (C=O) groups excluding carboxylic acids is 2.